The molecular weight excluding hydrogens is 178 g/mol. The Hall–Kier alpha value is -1.90. The SMILES string of the molecule is C=Cc1cc(C(=O)OC)ccc1N=C. The number of methoxy groups -OCH3 is 1. The minimum Gasteiger partial charge on any atom is -0.465 e. The van der Waals surface area contributed by atoms with Gasteiger partial charge in [-0.15, -0.1) is 0 Å². The summed E-state index contributed by atoms with van der Waals surface area (Å²) in [6.07, 6.45) is 1.62. The van der Waals surface area contributed by atoms with Crippen LogP contribution < -0.4 is 0 Å². The summed E-state index contributed by atoms with van der Waals surface area (Å²) >= 11 is 0. The minimum atomic E-state index is -0.372. The average Bonchev–Trinajstić information content (AvgIpc) is 2.26. The van der Waals surface area contributed by atoms with Gasteiger partial charge in [-0.25, -0.2) is 4.79 Å². The Labute approximate surface area is 82.7 Å². The summed E-state index contributed by atoms with van der Waals surface area (Å²) in [6, 6.07) is 5.02. The molecule has 0 aliphatic heterocycles. The maximum atomic E-state index is 11.2. The van der Waals surface area contributed by atoms with E-state index in [2.05, 4.69) is 23.0 Å². The summed E-state index contributed by atoms with van der Waals surface area (Å²) in [4.78, 5) is 15.0. The van der Waals surface area contributed by atoms with Gasteiger partial charge in [0.15, 0.2) is 0 Å². The van der Waals surface area contributed by atoms with Crippen molar-refractivity contribution in [1.29, 1.82) is 0 Å². The molecule has 0 aliphatic rings. The highest BCUT2D eigenvalue weighted by Gasteiger charge is 2.06. The molecule has 0 heterocycles. The van der Waals surface area contributed by atoms with Crippen LogP contribution in [0.15, 0.2) is 29.8 Å². The fourth-order valence-electron chi connectivity index (χ4n) is 1.11. The number of rotatable bonds is 3. The fraction of sp³-hybridized carbons (Fsp3) is 0.0909. The third-order valence-corrected chi connectivity index (χ3v) is 1.84. The molecule has 0 radical (unpaired) electrons. The zero-order valence-corrected chi connectivity index (χ0v) is 7.99. The molecule has 0 atom stereocenters. The van der Waals surface area contributed by atoms with Gasteiger partial charge in [-0.05, 0) is 24.9 Å². The van der Waals surface area contributed by atoms with Gasteiger partial charge in [0, 0.05) is 5.56 Å². The number of aliphatic imine (C=N–C) groups is 1. The van der Waals surface area contributed by atoms with Crippen LogP contribution in [0, 0.1) is 0 Å². The predicted molar refractivity (Wildman–Crippen MR) is 57.1 cm³/mol. The Bertz CT molecular complexity index is 383. The van der Waals surface area contributed by atoms with Crippen molar-refractivity contribution in [2.45, 2.75) is 0 Å². The van der Waals surface area contributed by atoms with Crippen molar-refractivity contribution in [3.05, 3.63) is 35.9 Å². The summed E-state index contributed by atoms with van der Waals surface area (Å²) in [7, 11) is 1.34. The van der Waals surface area contributed by atoms with Crippen LogP contribution in [0.25, 0.3) is 6.08 Å². The highest BCUT2D eigenvalue weighted by molar-refractivity contribution is 5.91. The Balaban J connectivity index is 3.20. The van der Waals surface area contributed by atoms with E-state index < -0.39 is 0 Å². The van der Waals surface area contributed by atoms with E-state index in [1.54, 1.807) is 24.3 Å². The van der Waals surface area contributed by atoms with E-state index in [0.29, 0.717) is 11.3 Å². The van der Waals surface area contributed by atoms with Crippen molar-refractivity contribution in [3.63, 3.8) is 0 Å². The zero-order chi connectivity index (χ0) is 10.6. The average molecular weight is 189 g/mol. The maximum Gasteiger partial charge on any atom is 0.337 e. The second-order valence-electron chi connectivity index (χ2n) is 2.63. The summed E-state index contributed by atoms with van der Waals surface area (Å²) in [5, 5.41) is 0. The van der Waals surface area contributed by atoms with Gasteiger partial charge in [-0.1, -0.05) is 12.7 Å². The lowest BCUT2D eigenvalue weighted by atomic mass is 10.1. The first kappa shape index (κ1) is 10.2. The number of hydrogen-bond acceptors (Lipinski definition) is 3. The molecule has 0 amide bonds. The van der Waals surface area contributed by atoms with E-state index >= 15 is 0 Å². The Morgan fingerprint density at radius 1 is 1.57 bits per heavy atom. The van der Waals surface area contributed by atoms with Gasteiger partial charge in [0.05, 0.1) is 18.4 Å². The second-order valence-corrected chi connectivity index (χ2v) is 2.63. The first-order valence-electron chi connectivity index (χ1n) is 4.04. The fourth-order valence-corrected chi connectivity index (χ4v) is 1.11. The third kappa shape index (κ3) is 1.88. The standard InChI is InChI=1S/C11H11NO2/c1-4-8-7-9(11(13)14-3)5-6-10(8)12-2/h4-7H,1-2H2,3H3. The van der Waals surface area contributed by atoms with Gasteiger partial charge in [0.1, 0.15) is 0 Å². The molecule has 72 valence electrons. The number of ether oxygens (including phenoxy) is 1. The second kappa shape index (κ2) is 4.37. The van der Waals surface area contributed by atoms with Crippen molar-refractivity contribution in [2.24, 2.45) is 4.99 Å². The number of hydrogen-bond donors (Lipinski definition) is 0. The van der Waals surface area contributed by atoms with Gasteiger partial charge < -0.3 is 4.74 Å². The Kier molecular flexibility index (Phi) is 3.18. The molecule has 14 heavy (non-hydrogen) atoms. The lowest BCUT2D eigenvalue weighted by Crippen LogP contribution is -2.00. The van der Waals surface area contributed by atoms with Crippen molar-refractivity contribution in [2.75, 3.05) is 7.11 Å². The molecule has 0 aromatic heterocycles. The third-order valence-electron chi connectivity index (χ3n) is 1.84. The number of nitrogens with zero attached hydrogens (tertiary/aromatic N) is 1. The predicted octanol–water partition coefficient (Wildman–Crippen LogP) is 2.45. The zero-order valence-electron chi connectivity index (χ0n) is 7.99. The molecule has 1 rings (SSSR count). The Morgan fingerprint density at radius 3 is 2.79 bits per heavy atom. The summed E-state index contributed by atoms with van der Waals surface area (Å²) in [6.45, 7) is 7.05. The molecule has 1 aromatic rings. The molecule has 0 aliphatic carbocycles. The van der Waals surface area contributed by atoms with Crippen LogP contribution in [0.1, 0.15) is 15.9 Å². The topological polar surface area (TPSA) is 38.7 Å². The molecule has 0 spiro atoms. The van der Waals surface area contributed by atoms with Crippen LogP contribution in [-0.4, -0.2) is 19.8 Å². The molecule has 0 saturated heterocycles. The molecule has 0 bridgehead atoms. The first-order chi connectivity index (χ1) is 6.72. The smallest absolute Gasteiger partial charge is 0.337 e. The number of benzene rings is 1. The molecule has 3 heteroatoms. The number of carbonyl (C=O) groups excluding carboxylic acids is 1. The molecule has 0 saturated carbocycles. The van der Waals surface area contributed by atoms with E-state index in [4.69, 9.17) is 0 Å². The van der Waals surface area contributed by atoms with Crippen molar-refractivity contribution >= 4 is 24.5 Å². The van der Waals surface area contributed by atoms with E-state index in [-0.39, 0.29) is 5.97 Å². The monoisotopic (exact) mass is 189 g/mol. The molecular formula is C11H11NO2. The maximum absolute atomic E-state index is 11.2. The van der Waals surface area contributed by atoms with E-state index in [0.717, 1.165) is 5.56 Å². The molecule has 1 aromatic carbocycles. The van der Waals surface area contributed by atoms with Gasteiger partial charge in [0.2, 0.25) is 0 Å². The lowest BCUT2D eigenvalue weighted by Gasteiger charge is -2.03. The van der Waals surface area contributed by atoms with Gasteiger partial charge >= 0.3 is 5.97 Å². The highest BCUT2D eigenvalue weighted by Crippen LogP contribution is 2.21. The van der Waals surface area contributed by atoms with E-state index in [9.17, 15) is 4.79 Å². The Morgan fingerprint density at radius 2 is 2.29 bits per heavy atom. The normalized spacial score (nSPS) is 9.21. The van der Waals surface area contributed by atoms with Crippen molar-refractivity contribution in [3.8, 4) is 0 Å². The number of esters is 1. The van der Waals surface area contributed by atoms with Gasteiger partial charge in [0.25, 0.3) is 0 Å². The van der Waals surface area contributed by atoms with Crippen LogP contribution in [0.4, 0.5) is 5.69 Å². The van der Waals surface area contributed by atoms with Crippen LogP contribution in [0.2, 0.25) is 0 Å². The van der Waals surface area contributed by atoms with Crippen LogP contribution >= 0.6 is 0 Å². The first-order valence-corrected chi connectivity index (χ1v) is 4.04. The van der Waals surface area contributed by atoms with E-state index in [1.165, 1.54) is 7.11 Å². The molecule has 0 fully saturated rings. The quantitative estimate of drug-likeness (QED) is 0.541. The lowest BCUT2D eigenvalue weighted by molar-refractivity contribution is 0.0601. The van der Waals surface area contributed by atoms with Gasteiger partial charge in [-0.3, -0.25) is 4.99 Å². The van der Waals surface area contributed by atoms with Crippen molar-refractivity contribution in [1.82, 2.24) is 0 Å². The van der Waals surface area contributed by atoms with E-state index in [1.807, 2.05) is 0 Å². The molecule has 0 N–H and O–H groups in total. The summed E-state index contributed by atoms with van der Waals surface area (Å²) in [5.74, 6) is -0.372. The molecule has 0 unspecified atom stereocenters. The largest absolute Gasteiger partial charge is 0.465 e. The summed E-state index contributed by atoms with van der Waals surface area (Å²) < 4.78 is 4.59. The number of carbonyl (C=O) groups is 1. The van der Waals surface area contributed by atoms with Crippen LogP contribution in [-0.2, 0) is 4.74 Å². The molecule has 3 nitrogen and oxygen atoms in total. The van der Waals surface area contributed by atoms with Crippen LogP contribution in [0.3, 0.4) is 0 Å². The summed E-state index contributed by atoms with van der Waals surface area (Å²) in [5.41, 5.74) is 1.95. The van der Waals surface area contributed by atoms with Crippen molar-refractivity contribution < 1.29 is 9.53 Å². The minimum absolute atomic E-state index is 0.372. The van der Waals surface area contributed by atoms with Gasteiger partial charge in [-0.2, -0.15) is 0 Å². The highest BCUT2D eigenvalue weighted by atomic mass is 16.5. The van der Waals surface area contributed by atoms with Crippen LogP contribution in [0.5, 0.6) is 0 Å².